The molecule has 218 valence electrons. The third kappa shape index (κ3) is 11.6. The van der Waals surface area contributed by atoms with E-state index in [0.717, 1.165) is 57.8 Å². The Morgan fingerprint density at radius 1 is 0.865 bits per heavy atom. The smallest absolute Gasteiger partial charge is 0.306 e. The standard InChI is InChI=1S/C31H60N2O4/c1-24(21-29(5,6)32(11)28(2,3)4)36-26(34)19-17-15-13-14-16-18-20-27(35)37-25-22-30(7,8)33(12)31(9,10)23-25/h24-25H,13-23H2,1-12H3. The lowest BCUT2D eigenvalue weighted by molar-refractivity contribution is -0.159. The van der Waals surface area contributed by atoms with Crippen LogP contribution in [0.25, 0.3) is 0 Å². The predicted molar refractivity (Wildman–Crippen MR) is 154 cm³/mol. The minimum atomic E-state index is -0.0984. The fourth-order valence-electron chi connectivity index (χ4n) is 5.93. The van der Waals surface area contributed by atoms with Crippen LogP contribution in [-0.4, -0.2) is 70.2 Å². The Bertz CT molecular complexity index is 705. The Morgan fingerprint density at radius 2 is 1.30 bits per heavy atom. The third-order valence-electron chi connectivity index (χ3n) is 8.61. The second-order valence-corrected chi connectivity index (χ2v) is 14.4. The van der Waals surface area contributed by atoms with Crippen LogP contribution in [0.1, 0.15) is 140 Å². The summed E-state index contributed by atoms with van der Waals surface area (Å²) in [6.07, 6.45) is 9.40. The summed E-state index contributed by atoms with van der Waals surface area (Å²) in [5, 5.41) is 0. The Hall–Kier alpha value is -1.14. The number of carbonyl (C=O) groups is 2. The van der Waals surface area contributed by atoms with E-state index < -0.39 is 0 Å². The normalized spacial score (nSPS) is 19.6. The first-order valence-corrected chi connectivity index (χ1v) is 14.6. The van der Waals surface area contributed by atoms with E-state index >= 15 is 0 Å². The number of carbonyl (C=O) groups excluding carboxylic acids is 2. The van der Waals surface area contributed by atoms with Gasteiger partial charge in [-0.2, -0.15) is 0 Å². The summed E-state index contributed by atoms with van der Waals surface area (Å²) in [4.78, 5) is 29.4. The maximum Gasteiger partial charge on any atom is 0.306 e. The molecule has 0 aliphatic carbocycles. The molecule has 0 amide bonds. The number of hydrogen-bond donors (Lipinski definition) is 0. The van der Waals surface area contributed by atoms with Gasteiger partial charge in [0.1, 0.15) is 12.2 Å². The summed E-state index contributed by atoms with van der Waals surface area (Å²) in [6.45, 7) is 21.9. The summed E-state index contributed by atoms with van der Waals surface area (Å²) < 4.78 is 11.5. The highest BCUT2D eigenvalue weighted by Gasteiger charge is 2.44. The van der Waals surface area contributed by atoms with Crippen molar-refractivity contribution in [2.45, 2.75) is 174 Å². The summed E-state index contributed by atoms with van der Waals surface area (Å²) in [6, 6.07) is 0. The van der Waals surface area contributed by atoms with Gasteiger partial charge in [0.05, 0.1) is 0 Å². The fourth-order valence-corrected chi connectivity index (χ4v) is 5.93. The second-order valence-electron chi connectivity index (χ2n) is 14.4. The van der Waals surface area contributed by atoms with Crippen LogP contribution in [-0.2, 0) is 19.1 Å². The SMILES string of the molecule is CC(CC(C)(C)N(C)C(C)(C)C)OC(=O)CCCCCCCCC(=O)OC1CC(C)(C)N(C)C(C)(C)C1. The topological polar surface area (TPSA) is 59.1 Å². The zero-order valence-electron chi connectivity index (χ0n) is 26.5. The highest BCUT2D eigenvalue weighted by molar-refractivity contribution is 5.69. The number of ether oxygens (including phenoxy) is 2. The molecule has 1 rings (SSSR count). The lowest BCUT2D eigenvalue weighted by Gasteiger charge is -2.53. The Morgan fingerprint density at radius 3 is 1.76 bits per heavy atom. The molecule has 0 bridgehead atoms. The molecule has 1 atom stereocenters. The molecule has 0 aromatic rings. The van der Waals surface area contributed by atoms with Crippen LogP contribution in [0.5, 0.6) is 0 Å². The summed E-state index contributed by atoms with van der Waals surface area (Å²) >= 11 is 0. The minimum absolute atomic E-state index is 0.00152. The number of rotatable bonds is 14. The van der Waals surface area contributed by atoms with E-state index in [1.807, 2.05) is 6.92 Å². The van der Waals surface area contributed by atoms with Gasteiger partial charge in [0.15, 0.2) is 0 Å². The molecule has 1 unspecified atom stereocenters. The summed E-state index contributed by atoms with van der Waals surface area (Å²) in [7, 11) is 4.30. The van der Waals surface area contributed by atoms with E-state index in [0.29, 0.717) is 12.8 Å². The van der Waals surface area contributed by atoms with Crippen molar-refractivity contribution in [1.29, 1.82) is 0 Å². The number of piperidine rings is 1. The molecule has 0 aromatic heterocycles. The van der Waals surface area contributed by atoms with E-state index in [4.69, 9.17) is 9.47 Å². The first-order chi connectivity index (χ1) is 16.8. The molecule has 0 radical (unpaired) electrons. The molecule has 0 saturated carbocycles. The molecule has 0 aromatic carbocycles. The van der Waals surface area contributed by atoms with Crippen molar-refractivity contribution in [3.05, 3.63) is 0 Å². The van der Waals surface area contributed by atoms with Gasteiger partial charge in [-0.1, -0.05) is 25.7 Å². The van der Waals surface area contributed by atoms with E-state index in [-0.39, 0.29) is 46.3 Å². The zero-order chi connectivity index (χ0) is 28.7. The van der Waals surface area contributed by atoms with Gasteiger partial charge in [-0.05, 0) is 96.2 Å². The lowest BCUT2D eigenvalue weighted by atomic mass is 9.79. The quantitative estimate of drug-likeness (QED) is 0.178. The molecule has 37 heavy (non-hydrogen) atoms. The predicted octanol–water partition coefficient (Wildman–Crippen LogP) is 7.13. The Labute approximate surface area is 229 Å². The van der Waals surface area contributed by atoms with Gasteiger partial charge >= 0.3 is 11.9 Å². The number of unbranched alkanes of at least 4 members (excludes halogenated alkanes) is 5. The van der Waals surface area contributed by atoms with Gasteiger partial charge in [0.25, 0.3) is 0 Å². The number of likely N-dealkylation sites (tertiary alicyclic amines) is 1. The first kappa shape index (κ1) is 33.9. The van der Waals surface area contributed by atoms with E-state index in [1.54, 1.807) is 0 Å². The maximum atomic E-state index is 12.4. The van der Waals surface area contributed by atoms with Crippen molar-refractivity contribution in [2.75, 3.05) is 14.1 Å². The largest absolute Gasteiger partial charge is 0.463 e. The van der Waals surface area contributed by atoms with E-state index in [2.05, 4.69) is 86.2 Å². The van der Waals surface area contributed by atoms with Gasteiger partial charge in [-0.3, -0.25) is 19.4 Å². The van der Waals surface area contributed by atoms with Crippen molar-refractivity contribution in [1.82, 2.24) is 9.80 Å². The molecule has 0 N–H and O–H groups in total. The summed E-state index contributed by atoms with van der Waals surface area (Å²) in [5.41, 5.74) is 0.0622. The number of nitrogens with zero attached hydrogens (tertiary/aromatic N) is 2. The molecule has 1 heterocycles. The van der Waals surface area contributed by atoms with Gasteiger partial charge in [-0.25, -0.2) is 0 Å². The van der Waals surface area contributed by atoms with Crippen molar-refractivity contribution < 1.29 is 19.1 Å². The molecule has 1 aliphatic rings. The van der Waals surface area contributed by atoms with Gasteiger partial charge in [-0.15, -0.1) is 0 Å². The monoisotopic (exact) mass is 524 g/mol. The highest BCUT2D eigenvalue weighted by Crippen LogP contribution is 2.38. The van der Waals surface area contributed by atoms with Crippen LogP contribution in [0.15, 0.2) is 0 Å². The summed E-state index contributed by atoms with van der Waals surface area (Å²) in [5.74, 6) is -0.153. The van der Waals surface area contributed by atoms with Crippen LogP contribution < -0.4 is 0 Å². The van der Waals surface area contributed by atoms with Crippen LogP contribution in [0, 0.1) is 0 Å². The fraction of sp³-hybridized carbons (Fsp3) is 0.935. The molecular weight excluding hydrogens is 464 g/mol. The molecular formula is C31H60N2O4. The number of hydrogen-bond acceptors (Lipinski definition) is 6. The van der Waals surface area contributed by atoms with Gasteiger partial charge in [0.2, 0.25) is 0 Å². The van der Waals surface area contributed by atoms with Gasteiger partial charge in [0, 0.05) is 54.3 Å². The van der Waals surface area contributed by atoms with E-state index in [9.17, 15) is 9.59 Å². The molecule has 0 spiro atoms. The van der Waals surface area contributed by atoms with Crippen molar-refractivity contribution in [3.8, 4) is 0 Å². The third-order valence-corrected chi connectivity index (χ3v) is 8.61. The Balaban J connectivity index is 2.16. The van der Waals surface area contributed by atoms with Crippen molar-refractivity contribution in [3.63, 3.8) is 0 Å². The van der Waals surface area contributed by atoms with Crippen LogP contribution in [0.3, 0.4) is 0 Å². The van der Waals surface area contributed by atoms with E-state index in [1.165, 1.54) is 0 Å². The molecule has 1 fully saturated rings. The van der Waals surface area contributed by atoms with Crippen LogP contribution >= 0.6 is 0 Å². The minimum Gasteiger partial charge on any atom is -0.463 e. The second kappa shape index (κ2) is 13.8. The average molecular weight is 525 g/mol. The maximum absolute atomic E-state index is 12.4. The highest BCUT2D eigenvalue weighted by atomic mass is 16.5. The lowest BCUT2D eigenvalue weighted by Crippen LogP contribution is -2.60. The Kier molecular flexibility index (Phi) is 12.6. The van der Waals surface area contributed by atoms with Crippen LogP contribution in [0.4, 0.5) is 0 Å². The molecule has 6 heteroatoms. The molecule has 1 saturated heterocycles. The molecule has 6 nitrogen and oxygen atoms in total. The number of esters is 2. The van der Waals surface area contributed by atoms with Gasteiger partial charge < -0.3 is 9.47 Å². The average Bonchev–Trinajstić information content (AvgIpc) is 2.71. The van der Waals surface area contributed by atoms with Crippen molar-refractivity contribution in [2.24, 2.45) is 0 Å². The van der Waals surface area contributed by atoms with Crippen LogP contribution in [0.2, 0.25) is 0 Å². The van der Waals surface area contributed by atoms with Crippen molar-refractivity contribution >= 4 is 11.9 Å². The molecule has 1 aliphatic heterocycles. The first-order valence-electron chi connectivity index (χ1n) is 14.6. The zero-order valence-corrected chi connectivity index (χ0v) is 26.5.